The van der Waals surface area contributed by atoms with Crippen molar-refractivity contribution in [3.05, 3.63) is 12.3 Å². The molecule has 1 aliphatic carbocycles. The Morgan fingerprint density at radius 3 is 2.31 bits per heavy atom. The van der Waals surface area contributed by atoms with Crippen LogP contribution in [0.3, 0.4) is 0 Å². The van der Waals surface area contributed by atoms with Crippen molar-refractivity contribution in [1.82, 2.24) is 9.78 Å². The molecular formula is C13H23N3. The second-order valence-electron chi connectivity index (χ2n) is 6.07. The number of hydrogen-bond donors (Lipinski definition) is 1. The van der Waals surface area contributed by atoms with Crippen molar-refractivity contribution in [2.75, 3.05) is 5.73 Å². The summed E-state index contributed by atoms with van der Waals surface area (Å²) in [6, 6.07) is 2.41. The molecule has 0 radical (unpaired) electrons. The molecule has 2 N–H and O–H groups in total. The van der Waals surface area contributed by atoms with Crippen LogP contribution < -0.4 is 5.73 Å². The van der Waals surface area contributed by atoms with Crippen LogP contribution in [-0.2, 0) is 0 Å². The minimum absolute atomic E-state index is 0.445. The van der Waals surface area contributed by atoms with Gasteiger partial charge in [-0.25, -0.2) is 4.68 Å². The summed E-state index contributed by atoms with van der Waals surface area (Å²) in [7, 11) is 0. The summed E-state index contributed by atoms with van der Waals surface area (Å²) in [4.78, 5) is 0. The third-order valence-corrected chi connectivity index (χ3v) is 3.97. The maximum absolute atomic E-state index is 5.89. The first-order valence-electron chi connectivity index (χ1n) is 6.27. The first-order valence-corrected chi connectivity index (χ1v) is 6.27. The van der Waals surface area contributed by atoms with Gasteiger partial charge >= 0.3 is 0 Å². The molecule has 0 aromatic carbocycles. The Kier molecular flexibility index (Phi) is 2.96. The number of nitrogens with zero attached hydrogens (tertiary/aromatic N) is 2. The van der Waals surface area contributed by atoms with Gasteiger partial charge < -0.3 is 5.73 Å². The lowest BCUT2D eigenvalue weighted by Crippen LogP contribution is -2.27. The normalized spacial score (nSPS) is 26.9. The molecule has 0 atom stereocenters. The van der Waals surface area contributed by atoms with Crippen LogP contribution in [0.5, 0.6) is 0 Å². The minimum Gasteiger partial charge on any atom is -0.384 e. The summed E-state index contributed by atoms with van der Waals surface area (Å²) in [5, 5.41) is 4.32. The predicted molar refractivity (Wildman–Crippen MR) is 67.1 cm³/mol. The average Bonchev–Trinajstić information content (AvgIpc) is 2.63. The molecule has 3 heteroatoms. The van der Waals surface area contributed by atoms with E-state index in [1.54, 1.807) is 6.20 Å². The number of nitrogens with two attached hydrogens (primary N) is 1. The Bertz CT molecular complexity index is 340. The van der Waals surface area contributed by atoms with Crippen LogP contribution in [0.15, 0.2) is 12.3 Å². The lowest BCUT2D eigenvalue weighted by atomic mass is 9.71. The summed E-state index contributed by atoms with van der Waals surface area (Å²) >= 11 is 0. The van der Waals surface area contributed by atoms with Gasteiger partial charge in [0.05, 0.1) is 12.2 Å². The van der Waals surface area contributed by atoms with Crippen molar-refractivity contribution in [2.45, 2.75) is 52.5 Å². The molecule has 0 aliphatic heterocycles. The first kappa shape index (κ1) is 11.5. The van der Waals surface area contributed by atoms with E-state index in [0.29, 0.717) is 11.5 Å². The maximum atomic E-state index is 5.89. The smallest absolute Gasteiger partial charge is 0.121 e. The van der Waals surface area contributed by atoms with Crippen LogP contribution in [0, 0.1) is 11.3 Å². The average molecular weight is 221 g/mol. The Morgan fingerprint density at radius 2 is 1.88 bits per heavy atom. The van der Waals surface area contributed by atoms with E-state index < -0.39 is 0 Å². The monoisotopic (exact) mass is 221 g/mol. The van der Waals surface area contributed by atoms with Crippen LogP contribution in [0.1, 0.15) is 52.5 Å². The number of nitrogen functional groups attached to an aromatic ring is 1. The zero-order valence-electron chi connectivity index (χ0n) is 10.6. The van der Waals surface area contributed by atoms with Crippen LogP contribution in [0.25, 0.3) is 0 Å². The third kappa shape index (κ3) is 2.23. The highest BCUT2D eigenvalue weighted by Gasteiger charge is 2.30. The van der Waals surface area contributed by atoms with Gasteiger partial charge in [-0.05, 0) is 43.1 Å². The van der Waals surface area contributed by atoms with Gasteiger partial charge in [-0.2, -0.15) is 5.10 Å². The van der Waals surface area contributed by atoms with Crippen molar-refractivity contribution < 1.29 is 0 Å². The molecular weight excluding hydrogens is 198 g/mol. The summed E-state index contributed by atoms with van der Waals surface area (Å²) in [5.74, 6) is 1.65. The fourth-order valence-electron chi connectivity index (χ4n) is 2.82. The fraction of sp³-hybridized carbons (Fsp3) is 0.769. The van der Waals surface area contributed by atoms with Crippen molar-refractivity contribution in [3.8, 4) is 0 Å². The quantitative estimate of drug-likeness (QED) is 0.791. The van der Waals surface area contributed by atoms with E-state index in [1.807, 2.05) is 10.7 Å². The van der Waals surface area contributed by atoms with Gasteiger partial charge in [0, 0.05) is 0 Å². The van der Waals surface area contributed by atoms with E-state index in [9.17, 15) is 0 Å². The molecule has 0 saturated heterocycles. The highest BCUT2D eigenvalue weighted by molar-refractivity contribution is 5.26. The highest BCUT2D eigenvalue weighted by atomic mass is 15.3. The van der Waals surface area contributed by atoms with Gasteiger partial charge in [0.1, 0.15) is 5.82 Å². The standard InChI is InChI=1S/C13H23N3/c1-13(2,3)10-4-6-11(7-5-10)16-12(14)8-9-15-16/h8-11H,4-7,14H2,1-3H3. The molecule has 3 nitrogen and oxygen atoms in total. The van der Waals surface area contributed by atoms with Gasteiger partial charge in [0.25, 0.3) is 0 Å². The molecule has 1 saturated carbocycles. The van der Waals surface area contributed by atoms with Crippen molar-refractivity contribution in [1.29, 1.82) is 0 Å². The van der Waals surface area contributed by atoms with Gasteiger partial charge in [-0.1, -0.05) is 20.8 Å². The molecule has 0 amide bonds. The molecule has 0 bridgehead atoms. The highest BCUT2D eigenvalue weighted by Crippen LogP contribution is 2.41. The molecule has 0 unspecified atom stereocenters. The molecule has 16 heavy (non-hydrogen) atoms. The van der Waals surface area contributed by atoms with E-state index >= 15 is 0 Å². The second kappa shape index (κ2) is 4.11. The number of rotatable bonds is 1. The number of anilines is 1. The molecule has 1 aromatic rings. The van der Waals surface area contributed by atoms with Crippen LogP contribution in [-0.4, -0.2) is 9.78 Å². The number of aromatic nitrogens is 2. The largest absolute Gasteiger partial charge is 0.384 e. The lowest BCUT2D eigenvalue weighted by Gasteiger charge is -2.37. The van der Waals surface area contributed by atoms with Gasteiger partial charge in [-0.15, -0.1) is 0 Å². The van der Waals surface area contributed by atoms with Crippen LogP contribution in [0.2, 0.25) is 0 Å². The Hall–Kier alpha value is -0.990. The molecule has 1 fully saturated rings. The third-order valence-electron chi connectivity index (χ3n) is 3.97. The molecule has 90 valence electrons. The van der Waals surface area contributed by atoms with Gasteiger partial charge in [-0.3, -0.25) is 0 Å². The molecule has 1 aliphatic rings. The van der Waals surface area contributed by atoms with E-state index in [1.165, 1.54) is 25.7 Å². The number of hydrogen-bond acceptors (Lipinski definition) is 2. The first-order chi connectivity index (χ1) is 7.48. The Morgan fingerprint density at radius 1 is 1.25 bits per heavy atom. The predicted octanol–water partition coefficient (Wildman–Crippen LogP) is 3.24. The van der Waals surface area contributed by atoms with Crippen LogP contribution in [0.4, 0.5) is 5.82 Å². The molecule has 0 spiro atoms. The van der Waals surface area contributed by atoms with E-state index in [0.717, 1.165) is 11.7 Å². The fourth-order valence-corrected chi connectivity index (χ4v) is 2.82. The van der Waals surface area contributed by atoms with E-state index in [4.69, 9.17) is 5.73 Å². The van der Waals surface area contributed by atoms with Crippen LogP contribution >= 0.6 is 0 Å². The summed E-state index contributed by atoms with van der Waals surface area (Å²) in [5.41, 5.74) is 6.34. The van der Waals surface area contributed by atoms with E-state index in [-0.39, 0.29) is 0 Å². The summed E-state index contributed by atoms with van der Waals surface area (Å²) in [6.45, 7) is 7.04. The Labute approximate surface area is 98.0 Å². The van der Waals surface area contributed by atoms with E-state index in [2.05, 4.69) is 25.9 Å². The van der Waals surface area contributed by atoms with Crippen molar-refractivity contribution >= 4 is 5.82 Å². The van der Waals surface area contributed by atoms with Crippen molar-refractivity contribution in [3.63, 3.8) is 0 Å². The molecule has 2 rings (SSSR count). The topological polar surface area (TPSA) is 43.8 Å². The Balaban J connectivity index is 1.98. The second-order valence-corrected chi connectivity index (χ2v) is 6.07. The lowest BCUT2D eigenvalue weighted by molar-refractivity contribution is 0.148. The molecule has 1 aromatic heterocycles. The zero-order valence-corrected chi connectivity index (χ0v) is 10.6. The zero-order chi connectivity index (χ0) is 11.8. The summed E-state index contributed by atoms with van der Waals surface area (Å²) in [6.07, 6.45) is 6.83. The van der Waals surface area contributed by atoms with Gasteiger partial charge in [0.15, 0.2) is 0 Å². The van der Waals surface area contributed by atoms with Gasteiger partial charge in [0.2, 0.25) is 0 Å². The molecule has 1 heterocycles. The minimum atomic E-state index is 0.445. The SMILES string of the molecule is CC(C)(C)C1CCC(n2nccc2N)CC1. The maximum Gasteiger partial charge on any atom is 0.121 e. The van der Waals surface area contributed by atoms with Crippen molar-refractivity contribution in [2.24, 2.45) is 11.3 Å². The summed E-state index contributed by atoms with van der Waals surface area (Å²) < 4.78 is 2.00.